The third-order valence-electron chi connectivity index (χ3n) is 3.93. The maximum absolute atomic E-state index is 12.9. The number of halogens is 2. The fraction of sp³-hybridized carbons (Fsp3) is 0.200. The molecule has 134 valence electrons. The van der Waals surface area contributed by atoms with Crippen LogP contribution in [0.25, 0.3) is 11.0 Å². The number of hydrogen-bond donors (Lipinski definition) is 0. The Morgan fingerprint density at radius 2 is 1.92 bits per heavy atom. The first-order chi connectivity index (χ1) is 12.5. The molecule has 2 aromatic carbocycles. The van der Waals surface area contributed by atoms with Crippen molar-refractivity contribution in [3.63, 3.8) is 0 Å². The van der Waals surface area contributed by atoms with Crippen LogP contribution in [-0.4, -0.2) is 12.4 Å². The Balaban J connectivity index is 1.86. The van der Waals surface area contributed by atoms with Crippen LogP contribution in [0.5, 0.6) is 5.75 Å². The van der Waals surface area contributed by atoms with Gasteiger partial charge in [-0.3, -0.25) is 4.79 Å². The lowest BCUT2D eigenvalue weighted by Gasteiger charge is -2.10. The zero-order valence-corrected chi connectivity index (χ0v) is 14.8. The van der Waals surface area contributed by atoms with Crippen molar-refractivity contribution in [2.24, 2.45) is 0 Å². The lowest BCUT2D eigenvalue weighted by molar-refractivity contribution is 0.0921. The van der Waals surface area contributed by atoms with Crippen LogP contribution in [0, 0.1) is 5.82 Å². The summed E-state index contributed by atoms with van der Waals surface area (Å²) in [5, 5.41) is 1.06. The van der Waals surface area contributed by atoms with Gasteiger partial charge in [0.05, 0.1) is 5.02 Å². The average molecular weight is 375 g/mol. The molecular formula is C20H16ClFO4. The van der Waals surface area contributed by atoms with E-state index in [1.807, 2.05) is 6.92 Å². The summed E-state index contributed by atoms with van der Waals surface area (Å²) in [7, 11) is 0. The summed E-state index contributed by atoms with van der Waals surface area (Å²) in [5.74, 6) is -0.494. The van der Waals surface area contributed by atoms with Gasteiger partial charge in [0, 0.05) is 23.1 Å². The minimum Gasteiger partial charge on any atom is -0.484 e. The van der Waals surface area contributed by atoms with Crippen LogP contribution in [0.4, 0.5) is 4.39 Å². The molecule has 3 aromatic rings. The second-order valence-corrected chi connectivity index (χ2v) is 6.25. The number of ketones is 1. The van der Waals surface area contributed by atoms with Gasteiger partial charge in [-0.05, 0) is 42.3 Å². The summed E-state index contributed by atoms with van der Waals surface area (Å²) in [4.78, 5) is 23.9. The summed E-state index contributed by atoms with van der Waals surface area (Å²) >= 11 is 6.26. The first-order valence-corrected chi connectivity index (χ1v) is 8.53. The number of Topliss-reactive ketones (excluding diaryl/α,β-unsaturated/α-hetero) is 1. The molecule has 0 unspecified atom stereocenters. The Bertz CT molecular complexity index is 1010. The molecule has 0 atom stereocenters. The second-order valence-electron chi connectivity index (χ2n) is 5.84. The maximum Gasteiger partial charge on any atom is 0.336 e. The topological polar surface area (TPSA) is 56.5 Å². The van der Waals surface area contributed by atoms with Crippen LogP contribution >= 0.6 is 11.6 Å². The van der Waals surface area contributed by atoms with Crippen molar-refractivity contribution in [2.75, 3.05) is 6.61 Å². The standard InChI is InChI=1S/C20H16ClFO4/c1-2-3-13-8-20(24)26-18-10-19(16(21)9-15(13)18)25-11-17(23)12-4-6-14(22)7-5-12/h4-10H,2-3,11H2,1H3. The molecule has 0 fully saturated rings. The van der Waals surface area contributed by atoms with E-state index in [-0.39, 0.29) is 18.1 Å². The number of hydrogen-bond acceptors (Lipinski definition) is 4. The van der Waals surface area contributed by atoms with Gasteiger partial charge in [0.1, 0.15) is 17.1 Å². The molecule has 0 saturated heterocycles. The third kappa shape index (κ3) is 3.94. The fourth-order valence-electron chi connectivity index (χ4n) is 2.68. The van der Waals surface area contributed by atoms with Gasteiger partial charge in [0.25, 0.3) is 0 Å². The molecule has 6 heteroatoms. The van der Waals surface area contributed by atoms with Crippen molar-refractivity contribution < 1.29 is 18.3 Å². The summed E-state index contributed by atoms with van der Waals surface area (Å²) in [6.07, 6.45) is 1.60. The second kappa shape index (κ2) is 7.70. The molecule has 4 nitrogen and oxygen atoms in total. The van der Waals surface area contributed by atoms with Gasteiger partial charge in [-0.15, -0.1) is 0 Å². The molecule has 1 aromatic heterocycles. The van der Waals surface area contributed by atoms with Gasteiger partial charge in [-0.1, -0.05) is 24.9 Å². The molecule has 0 aliphatic carbocycles. The normalized spacial score (nSPS) is 10.9. The molecule has 0 spiro atoms. The molecule has 0 bridgehead atoms. The van der Waals surface area contributed by atoms with Crippen molar-refractivity contribution in [2.45, 2.75) is 19.8 Å². The highest BCUT2D eigenvalue weighted by molar-refractivity contribution is 6.32. The molecule has 0 radical (unpaired) electrons. The minimum absolute atomic E-state index is 0.242. The van der Waals surface area contributed by atoms with Gasteiger partial charge in [-0.25, -0.2) is 9.18 Å². The quantitative estimate of drug-likeness (QED) is 0.459. The number of aryl methyl sites for hydroxylation is 1. The predicted molar refractivity (Wildman–Crippen MR) is 97.7 cm³/mol. The highest BCUT2D eigenvalue weighted by Gasteiger charge is 2.13. The van der Waals surface area contributed by atoms with E-state index < -0.39 is 11.4 Å². The number of ether oxygens (including phenoxy) is 1. The molecule has 3 rings (SSSR count). The van der Waals surface area contributed by atoms with Gasteiger partial charge in [-0.2, -0.15) is 0 Å². The van der Waals surface area contributed by atoms with Crippen LogP contribution in [0.1, 0.15) is 29.3 Å². The van der Waals surface area contributed by atoms with Crippen LogP contribution in [0.15, 0.2) is 51.7 Å². The van der Waals surface area contributed by atoms with Gasteiger partial charge in [0.2, 0.25) is 0 Å². The lowest BCUT2D eigenvalue weighted by Crippen LogP contribution is -2.12. The van der Waals surface area contributed by atoms with E-state index in [0.29, 0.717) is 16.2 Å². The molecule has 0 saturated carbocycles. The Kier molecular flexibility index (Phi) is 5.38. The molecule has 26 heavy (non-hydrogen) atoms. The van der Waals surface area contributed by atoms with Crippen molar-refractivity contribution in [1.82, 2.24) is 0 Å². The molecule has 0 aliphatic heterocycles. The van der Waals surface area contributed by atoms with Crippen LogP contribution in [0.3, 0.4) is 0 Å². The van der Waals surface area contributed by atoms with Crippen molar-refractivity contribution in [3.8, 4) is 5.75 Å². The maximum atomic E-state index is 12.9. The SMILES string of the molecule is CCCc1cc(=O)oc2cc(OCC(=O)c3ccc(F)cc3)c(Cl)cc12. The van der Waals surface area contributed by atoms with Gasteiger partial charge < -0.3 is 9.15 Å². The van der Waals surface area contributed by atoms with Gasteiger partial charge >= 0.3 is 5.63 Å². The van der Waals surface area contributed by atoms with Crippen molar-refractivity contribution >= 4 is 28.4 Å². The Hall–Kier alpha value is -2.66. The molecule has 0 aliphatic rings. The summed E-state index contributed by atoms with van der Waals surface area (Å²) < 4.78 is 23.6. The highest BCUT2D eigenvalue weighted by atomic mass is 35.5. The van der Waals surface area contributed by atoms with E-state index in [2.05, 4.69) is 0 Å². The molecular weight excluding hydrogens is 359 g/mol. The zero-order chi connectivity index (χ0) is 18.7. The number of carbonyl (C=O) groups excluding carboxylic acids is 1. The Morgan fingerprint density at radius 1 is 1.19 bits per heavy atom. The van der Waals surface area contributed by atoms with Crippen LogP contribution in [-0.2, 0) is 6.42 Å². The largest absolute Gasteiger partial charge is 0.484 e. The number of carbonyl (C=O) groups is 1. The molecule has 0 amide bonds. The Labute approximate surface area is 154 Å². The number of benzene rings is 2. The van der Waals surface area contributed by atoms with Crippen LogP contribution < -0.4 is 10.4 Å². The monoisotopic (exact) mass is 374 g/mol. The van der Waals surface area contributed by atoms with E-state index in [9.17, 15) is 14.0 Å². The molecule has 0 N–H and O–H groups in total. The first kappa shape index (κ1) is 18.1. The average Bonchev–Trinajstić information content (AvgIpc) is 2.61. The smallest absolute Gasteiger partial charge is 0.336 e. The van der Waals surface area contributed by atoms with E-state index in [1.54, 1.807) is 6.07 Å². The van der Waals surface area contributed by atoms with E-state index in [0.717, 1.165) is 23.8 Å². The van der Waals surface area contributed by atoms with Gasteiger partial charge in [0.15, 0.2) is 12.4 Å². The van der Waals surface area contributed by atoms with E-state index >= 15 is 0 Å². The van der Waals surface area contributed by atoms with E-state index in [4.69, 9.17) is 20.8 Å². The molecule has 1 heterocycles. The third-order valence-corrected chi connectivity index (χ3v) is 4.22. The predicted octanol–water partition coefficient (Wildman–Crippen LogP) is 4.80. The van der Waals surface area contributed by atoms with Crippen LogP contribution in [0.2, 0.25) is 5.02 Å². The lowest BCUT2D eigenvalue weighted by atomic mass is 10.1. The minimum atomic E-state index is -0.448. The van der Waals surface area contributed by atoms with Crippen molar-refractivity contribution in [1.29, 1.82) is 0 Å². The zero-order valence-electron chi connectivity index (χ0n) is 14.1. The fourth-order valence-corrected chi connectivity index (χ4v) is 2.90. The summed E-state index contributed by atoms with van der Waals surface area (Å²) in [6.45, 7) is 1.75. The summed E-state index contributed by atoms with van der Waals surface area (Å²) in [6, 6.07) is 9.83. The first-order valence-electron chi connectivity index (χ1n) is 8.15. The number of fused-ring (bicyclic) bond motifs is 1. The highest BCUT2D eigenvalue weighted by Crippen LogP contribution is 2.31. The number of rotatable bonds is 6. The van der Waals surface area contributed by atoms with E-state index in [1.165, 1.54) is 36.4 Å². The van der Waals surface area contributed by atoms with Crippen molar-refractivity contribution in [3.05, 3.63) is 74.9 Å². The summed E-state index contributed by atoms with van der Waals surface area (Å²) in [5.41, 5.74) is 1.10. The Morgan fingerprint density at radius 3 is 2.62 bits per heavy atom.